The molecule has 3 rings (SSSR count). The Morgan fingerprint density at radius 2 is 1.83 bits per heavy atom. The third-order valence-electron chi connectivity index (χ3n) is 4.58. The summed E-state index contributed by atoms with van der Waals surface area (Å²) in [6.45, 7) is 7.33. The van der Waals surface area contributed by atoms with Gasteiger partial charge in [-0.15, -0.1) is 0 Å². The molecule has 0 aromatic heterocycles. The number of carbonyl (C=O) groups is 1. The van der Waals surface area contributed by atoms with Gasteiger partial charge in [0.05, 0.1) is 42.7 Å². The highest BCUT2D eigenvalue weighted by atomic mass is 16.6. The number of nitro benzene ring substituents is 1. The summed E-state index contributed by atoms with van der Waals surface area (Å²) >= 11 is 0. The van der Waals surface area contributed by atoms with Crippen LogP contribution >= 0.6 is 0 Å². The minimum Gasteiger partial charge on any atom is -0.492 e. The molecule has 30 heavy (non-hydrogen) atoms. The molecule has 1 aliphatic heterocycles. The van der Waals surface area contributed by atoms with Gasteiger partial charge < -0.3 is 24.4 Å². The number of morpholine rings is 1. The number of ether oxygens (including phenoxy) is 3. The second-order valence-corrected chi connectivity index (χ2v) is 6.54. The number of nitro groups is 1. The number of rotatable bonds is 8. The van der Waals surface area contributed by atoms with Crippen LogP contribution in [0.15, 0.2) is 36.4 Å². The number of nitrogens with one attached hydrogen (secondary N) is 1. The number of hydrogen-bond donors (Lipinski definition) is 1. The Kier molecular flexibility index (Phi) is 7.08. The summed E-state index contributed by atoms with van der Waals surface area (Å²) in [7, 11) is 0. The number of nitrogens with zero attached hydrogens (tertiary/aromatic N) is 2. The van der Waals surface area contributed by atoms with Crippen LogP contribution in [0.3, 0.4) is 0 Å². The summed E-state index contributed by atoms with van der Waals surface area (Å²) < 4.78 is 17.0. The topological polar surface area (TPSA) is 103 Å². The molecule has 0 spiro atoms. The summed E-state index contributed by atoms with van der Waals surface area (Å²) in [5.41, 5.74) is 1.35. The molecule has 2 aromatic carbocycles. The zero-order valence-electron chi connectivity index (χ0n) is 17.1. The van der Waals surface area contributed by atoms with E-state index < -0.39 is 10.8 Å². The maximum Gasteiger partial charge on any atom is 0.270 e. The Morgan fingerprint density at radius 3 is 2.50 bits per heavy atom. The smallest absolute Gasteiger partial charge is 0.270 e. The number of anilines is 2. The summed E-state index contributed by atoms with van der Waals surface area (Å²) in [6, 6.07) is 9.16. The molecule has 0 radical (unpaired) electrons. The van der Waals surface area contributed by atoms with Gasteiger partial charge in [0.1, 0.15) is 11.5 Å². The first-order valence-corrected chi connectivity index (χ1v) is 9.85. The molecule has 1 heterocycles. The standard InChI is InChI=1S/C21H25N3O6/c1-3-29-19-14-18(23-8-10-28-11-9-23)20(30-4-2)13-17(19)22-21(25)15-6-5-7-16(12-15)24(26)27/h5-7,12-14H,3-4,8-11H2,1-2H3,(H,22,25). The van der Waals surface area contributed by atoms with Gasteiger partial charge in [-0.1, -0.05) is 6.07 Å². The monoisotopic (exact) mass is 415 g/mol. The lowest BCUT2D eigenvalue weighted by Crippen LogP contribution is -2.36. The normalized spacial score (nSPS) is 13.6. The molecule has 0 saturated carbocycles. The predicted octanol–water partition coefficient (Wildman–Crippen LogP) is 3.48. The van der Waals surface area contributed by atoms with E-state index >= 15 is 0 Å². The summed E-state index contributed by atoms with van der Waals surface area (Å²) in [4.78, 5) is 25.4. The van der Waals surface area contributed by atoms with Gasteiger partial charge in [-0.2, -0.15) is 0 Å². The SMILES string of the molecule is CCOc1cc(N2CCOCC2)c(OCC)cc1NC(=O)c1cccc([N+](=O)[O-])c1. The van der Waals surface area contributed by atoms with Gasteiger partial charge in [-0.3, -0.25) is 14.9 Å². The Labute approximate surface area is 174 Å². The van der Waals surface area contributed by atoms with Gasteiger partial charge in [-0.25, -0.2) is 0 Å². The fraction of sp³-hybridized carbons (Fsp3) is 0.381. The molecule has 0 bridgehead atoms. The van der Waals surface area contributed by atoms with E-state index in [4.69, 9.17) is 14.2 Å². The first-order chi connectivity index (χ1) is 14.5. The van der Waals surface area contributed by atoms with Crippen LogP contribution in [0.5, 0.6) is 11.5 Å². The number of non-ortho nitro benzene ring substituents is 1. The van der Waals surface area contributed by atoms with Crippen LogP contribution in [0.4, 0.5) is 17.1 Å². The molecular weight excluding hydrogens is 390 g/mol. The van der Waals surface area contributed by atoms with Gasteiger partial charge in [0.25, 0.3) is 11.6 Å². The second-order valence-electron chi connectivity index (χ2n) is 6.54. The van der Waals surface area contributed by atoms with Crippen molar-refractivity contribution in [2.75, 3.05) is 49.7 Å². The number of carbonyl (C=O) groups excluding carboxylic acids is 1. The van der Waals surface area contributed by atoms with E-state index in [1.165, 1.54) is 24.3 Å². The maximum atomic E-state index is 12.7. The highest BCUT2D eigenvalue weighted by molar-refractivity contribution is 6.05. The van der Waals surface area contributed by atoms with Gasteiger partial charge in [0, 0.05) is 42.9 Å². The Balaban J connectivity index is 1.94. The van der Waals surface area contributed by atoms with Crippen molar-refractivity contribution in [3.8, 4) is 11.5 Å². The fourth-order valence-corrected chi connectivity index (χ4v) is 3.20. The van der Waals surface area contributed by atoms with Crippen molar-refractivity contribution in [3.63, 3.8) is 0 Å². The molecule has 9 nitrogen and oxygen atoms in total. The summed E-state index contributed by atoms with van der Waals surface area (Å²) in [6.07, 6.45) is 0. The van der Waals surface area contributed by atoms with E-state index in [-0.39, 0.29) is 11.3 Å². The van der Waals surface area contributed by atoms with Crippen LogP contribution in [0.25, 0.3) is 0 Å². The van der Waals surface area contributed by atoms with Crippen LogP contribution < -0.4 is 19.7 Å². The molecule has 1 amide bonds. The lowest BCUT2D eigenvalue weighted by molar-refractivity contribution is -0.384. The van der Waals surface area contributed by atoms with Gasteiger partial charge in [0.2, 0.25) is 0 Å². The highest BCUT2D eigenvalue weighted by Crippen LogP contribution is 2.39. The maximum absolute atomic E-state index is 12.7. The van der Waals surface area contributed by atoms with E-state index in [1.807, 2.05) is 19.9 Å². The first-order valence-electron chi connectivity index (χ1n) is 9.85. The third-order valence-corrected chi connectivity index (χ3v) is 4.58. The predicted molar refractivity (Wildman–Crippen MR) is 113 cm³/mol. The largest absolute Gasteiger partial charge is 0.492 e. The lowest BCUT2D eigenvalue weighted by Gasteiger charge is -2.31. The molecule has 0 unspecified atom stereocenters. The van der Waals surface area contributed by atoms with Crippen molar-refractivity contribution in [2.45, 2.75) is 13.8 Å². The molecule has 160 valence electrons. The number of amides is 1. The average molecular weight is 415 g/mol. The van der Waals surface area contributed by atoms with Crippen molar-refractivity contribution < 1.29 is 23.9 Å². The Morgan fingerprint density at radius 1 is 1.13 bits per heavy atom. The quantitative estimate of drug-likeness (QED) is 0.520. The van der Waals surface area contributed by atoms with Crippen molar-refractivity contribution in [3.05, 3.63) is 52.1 Å². The van der Waals surface area contributed by atoms with Crippen LogP contribution in [-0.4, -0.2) is 50.3 Å². The first kappa shape index (κ1) is 21.4. The zero-order chi connectivity index (χ0) is 21.5. The molecule has 0 aliphatic carbocycles. The van der Waals surface area contributed by atoms with E-state index in [0.29, 0.717) is 43.6 Å². The summed E-state index contributed by atoms with van der Waals surface area (Å²) in [5.74, 6) is 0.652. The lowest BCUT2D eigenvalue weighted by atomic mass is 10.1. The van der Waals surface area contributed by atoms with E-state index in [1.54, 1.807) is 6.07 Å². The van der Waals surface area contributed by atoms with Gasteiger partial charge >= 0.3 is 0 Å². The number of hydrogen-bond acceptors (Lipinski definition) is 7. The van der Waals surface area contributed by atoms with E-state index in [0.717, 1.165) is 18.8 Å². The molecule has 1 saturated heterocycles. The van der Waals surface area contributed by atoms with Crippen molar-refractivity contribution in [1.29, 1.82) is 0 Å². The van der Waals surface area contributed by atoms with Crippen molar-refractivity contribution in [2.24, 2.45) is 0 Å². The highest BCUT2D eigenvalue weighted by Gasteiger charge is 2.21. The van der Waals surface area contributed by atoms with E-state index in [2.05, 4.69) is 10.2 Å². The van der Waals surface area contributed by atoms with Crippen LogP contribution in [0, 0.1) is 10.1 Å². The van der Waals surface area contributed by atoms with Crippen LogP contribution in [0.1, 0.15) is 24.2 Å². The molecule has 0 atom stereocenters. The summed E-state index contributed by atoms with van der Waals surface area (Å²) in [5, 5.41) is 13.8. The van der Waals surface area contributed by atoms with Crippen LogP contribution in [-0.2, 0) is 4.74 Å². The third kappa shape index (κ3) is 4.98. The van der Waals surface area contributed by atoms with Gasteiger partial charge in [-0.05, 0) is 19.9 Å². The molecular formula is C21H25N3O6. The molecule has 1 aliphatic rings. The second kappa shape index (κ2) is 9.93. The Hall–Kier alpha value is -3.33. The Bertz CT molecular complexity index is 912. The van der Waals surface area contributed by atoms with Crippen molar-refractivity contribution in [1.82, 2.24) is 0 Å². The number of benzene rings is 2. The van der Waals surface area contributed by atoms with Crippen LogP contribution in [0.2, 0.25) is 0 Å². The van der Waals surface area contributed by atoms with Gasteiger partial charge in [0.15, 0.2) is 0 Å². The van der Waals surface area contributed by atoms with E-state index in [9.17, 15) is 14.9 Å². The fourth-order valence-electron chi connectivity index (χ4n) is 3.20. The molecule has 1 N–H and O–H groups in total. The molecule has 9 heteroatoms. The minimum absolute atomic E-state index is 0.148. The molecule has 1 fully saturated rings. The average Bonchev–Trinajstić information content (AvgIpc) is 2.76. The minimum atomic E-state index is -0.535. The van der Waals surface area contributed by atoms with Crippen molar-refractivity contribution >= 4 is 23.0 Å². The zero-order valence-corrected chi connectivity index (χ0v) is 17.1. The molecule has 2 aromatic rings.